The summed E-state index contributed by atoms with van der Waals surface area (Å²) in [6, 6.07) is 1.14. The van der Waals surface area contributed by atoms with Crippen LogP contribution in [0.4, 0.5) is 0 Å². The van der Waals surface area contributed by atoms with Crippen molar-refractivity contribution in [3.63, 3.8) is 0 Å². The molecule has 0 bridgehead atoms. The highest BCUT2D eigenvalue weighted by atomic mass is 16.5. The first-order chi connectivity index (χ1) is 7.83. The molecule has 1 heterocycles. The topological polar surface area (TPSA) is 38.5 Å². The minimum atomic E-state index is 0.546. The first-order valence-electron chi connectivity index (χ1n) is 6.86. The van der Waals surface area contributed by atoms with E-state index in [4.69, 9.17) is 10.5 Å². The Kier molecular flexibility index (Phi) is 4.62. The Morgan fingerprint density at radius 3 is 2.69 bits per heavy atom. The minimum Gasteiger partial charge on any atom is -0.379 e. The number of ether oxygens (including phenoxy) is 1. The summed E-state index contributed by atoms with van der Waals surface area (Å²) in [5.74, 6) is 0.833. The van der Waals surface area contributed by atoms with Gasteiger partial charge in [0.15, 0.2) is 0 Å². The summed E-state index contributed by atoms with van der Waals surface area (Å²) in [7, 11) is 0. The van der Waals surface area contributed by atoms with Gasteiger partial charge in [0.25, 0.3) is 0 Å². The van der Waals surface area contributed by atoms with E-state index in [1.54, 1.807) is 0 Å². The SMILES string of the molecule is CC1COCCN1C(CN)C1CCCCC1. The molecule has 1 aliphatic carbocycles. The van der Waals surface area contributed by atoms with E-state index in [9.17, 15) is 0 Å². The summed E-state index contributed by atoms with van der Waals surface area (Å²) in [4.78, 5) is 2.60. The first-order valence-corrected chi connectivity index (χ1v) is 6.86. The summed E-state index contributed by atoms with van der Waals surface area (Å²) < 4.78 is 5.51. The van der Waals surface area contributed by atoms with Gasteiger partial charge in [0.2, 0.25) is 0 Å². The van der Waals surface area contributed by atoms with Gasteiger partial charge in [-0.1, -0.05) is 19.3 Å². The van der Waals surface area contributed by atoms with E-state index in [2.05, 4.69) is 11.8 Å². The number of hydrogen-bond donors (Lipinski definition) is 1. The standard InChI is InChI=1S/C13H26N2O/c1-11-10-16-8-7-15(11)13(9-14)12-5-3-2-4-6-12/h11-13H,2-10,14H2,1H3. The first kappa shape index (κ1) is 12.3. The lowest BCUT2D eigenvalue weighted by Crippen LogP contribution is -2.55. The van der Waals surface area contributed by atoms with E-state index in [1.807, 2.05) is 0 Å². The molecule has 2 fully saturated rings. The lowest BCUT2D eigenvalue weighted by molar-refractivity contribution is -0.0362. The molecule has 16 heavy (non-hydrogen) atoms. The predicted molar refractivity (Wildman–Crippen MR) is 66.4 cm³/mol. The average Bonchev–Trinajstić information content (AvgIpc) is 2.34. The molecular weight excluding hydrogens is 200 g/mol. The number of rotatable bonds is 3. The Balaban J connectivity index is 1.96. The quantitative estimate of drug-likeness (QED) is 0.794. The molecule has 0 aromatic heterocycles. The molecule has 2 N–H and O–H groups in total. The minimum absolute atomic E-state index is 0.546. The smallest absolute Gasteiger partial charge is 0.0619 e. The Morgan fingerprint density at radius 1 is 1.31 bits per heavy atom. The highest BCUT2D eigenvalue weighted by Crippen LogP contribution is 2.30. The van der Waals surface area contributed by atoms with Gasteiger partial charge in [0.05, 0.1) is 13.2 Å². The van der Waals surface area contributed by atoms with Crippen LogP contribution in [-0.2, 0) is 4.74 Å². The lowest BCUT2D eigenvalue weighted by Gasteiger charge is -2.43. The summed E-state index contributed by atoms with van der Waals surface area (Å²) >= 11 is 0. The van der Waals surface area contributed by atoms with Crippen LogP contribution in [-0.4, -0.2) is 43.3 Å². The molecule has 2 aliphatic rings. The molecule has 3 heteroatoms. The molecular formula is C13H26N2O. The third kappa shape index (κ3) is 2.76. The van der Waals surface area contributed by atoms with Crippen LogP contribution in [0.25, 0.3) is 0 Å². The second kappa shape index (κ2) is 5.99. The highest BCUT2D eigenvalue weighted by molar-refractivity contribution is 4.86. The molecule has 2 unspecified atom stereocenters. The molecule has 1 saturated heterocycles. The van der Waals surface area contributed by atoms with Crippen molar-refractivity contribution < 1.29 is 4.74 Å². The van der Waals surface area contributed by atoms with Gasteiger partial charge in [0.1, 0.15) is 0 Å². The van der Waals surface area contributed by atoms with E-state index >= 15 is 0 Å². The monoisotopic (exact) mass is 226 g/mol. The van der Waals surface area contributed by atoms with Gasteiger partial charge in [-0.15, -0.1) is 0 Å². The molecule has 0 radical (unpaired) electrons. The van der Waals surface area contributed by atoms with Gasteiger partial charge < -0.3 is 10.5 Å². The maximum atomic E-state index is 6.01. The fraction of sp³-hybridized carbons (Fsp3) is 1.00. The normalized spacial score (nSPS) is 31.5. The third-order valence-electron chi connectivity index (χ3n) is 4.28. The van der Waals surface area contributed by atoms with Crippen LogP contribution in [0.15, 0.2) is 0 Å². The molecule has 0 spiro atoms. The molecule has 0 aromatic carbocycles. The third-order valence-corrected chi connectivity index (χ3v) is 4.28. The molecule has 0 aromatic rings. The van der Waals surface area contributed by atoms with Gasteiger partial charge in [-0.05, 0) is 25.7 Å². The van der Waals surface area contributed by atoms with E-state index in [-0.39, 0.29) is 0 Å². The van der Waals surface area contributed by atoms with Crippen molar-refractivity contribution in [2.45, 2.75) is 51.1 Å². The van der Waals surface area contributed by atoms with Gasteiger partial charge in [-0.3, -0.25) is 4.90 Å². The van der Waals surface area contributed by atoms with Gasteiger partial charge in [-0.25, -0.2) is 0 Å². The van der Waals surface area contributed by atoms with Crippen molar-refractivity contribution in [2.75, 3.05) is 26.3 Å². The largest absolute Gasteiger partial charge is 0.379 e. The van der Waals surface area contributed by atoms with Crippen LogP contribution in [0, 0.1) is 5.92 Å². The molecule has 1 aliphatic heterocycles. The average molecular weight is 226 g/mol. The molecule has 0 amide bonds. The second-order valence-electron chi connectivity index (χ2n) is 5.36. The zero-order valence-corrected chi connectivity index (χ0v) is 10.5. The Labute approximate surface area is 99.3 Å². The summed E-state index contributed by atoms with van der Waals surface area (Å²) in [6.45, 7) is 5.91. The fourth-order valence-electron chi connectivity index (χ4n) is 3.35. The molecule has 3 nitrogen and oxygen atoms in total. The molecule has 2 atom stereocenters. The zero-order valence-electron chi connectivity index (χ0n) is 10.5. The Bertz CT molecular complexity index is 204. The summed E-state index contributed by atoms with van der Waals surface area (Å²) in [5, 5.41) is 0. The van der Waals surface area contributed by atoms with E-state index in [1.165, 1.54) is 32.1 Å². The number of nitrogens with zero attached hydrogens (tertiary/aromatic N) is 1. The van der Waals surface area contributed by atoms with E-state index in [0.29, 0.717) is 12.1 Å². The molecule has 1 saturated carbocycles. The second-order valence-corrected chi connectivity index (χ2v) is 5.36. The van der Waals surface area contributed by atoms with Crippen LogP contribution >= 0.6 is 0 Å². The van der Waals surface area contributed by atoms with E-state index < -0.39 is 0 Å². The Morgan fingerprint density at radius 2 is 2.06 bits per heavy atom. The number of hydrogen-bond acceptors (Lipinski definition) is 3. The summed E-state index contributed by atoms with van der Waals surface area (Å²) in [6.07, 6.45) is 6.99. The van der Waals surface area contributed by atoms with Crippen molar-refractivity contribution in [3.05, 3.63) is 0 Å². The maximum Gasteiger partial charge on any atom is 0.0619 e. The van der Waals surface area contributed by atoms with Gasteiger partial charge >= 0.3 is 0 Å². The summed E-state index contributed by atoms with van der Waals surface area (Å²) in [5.41, 5.74) is 6.01. The fourth-order valence-corrected chi connectivity index (χ4v) is 3.35. The van der Waals surface area contributed by atoms with Crippen LogP contribution in [0.2, 0.25) is 0 Å². The van der Waals surface area contributed by atoms with E-state index in [0.717, 1.165) is 32.2 Å². The van der Waals surface area contributed by atoms with Crippen LogP contribution in [0.5, 0.6) is 0 Å². The lowest BCUT2D eigenvalue weighted by atomic mass is 9.82. The van der Waals surface area contributed by atoms with Crippen LogP contribution in [0.1, 0.15) is 39.0 Å². The van der Waals surface area contributed by atoms with Crippen LogP contribution in [0.3, 0.4) is 0 Å². The van der Waals surface area contributed by atoms with Gasteiger partial charge in [0, 0.05) is 25.2 Å². The zero-order chi connectivity index (χ0) is 11.4. The Hall–Kier alpha value is -0.120. The number of nitrogens with two attached hydrogens (primary N) is 1. The molecule has 94 valence electrons. The molecule has 2 rings (SSSR count). The van der Waals surface area contributed by atoms with Crippen molar-refractivity contribution in [1.29, 1.82) is 0 Å². The van der Waals surface area contributed by atoms with Crippen molar-refractivity contribution in [1.82, 2.24) is 4.90 Å². The van der Waals surface area contributed by atoms with Crippen molar-refractivity contribution in [3.8, 4) is 0 Å². The van der Waals surface area contributed by atoms with Crippen molar-refractivity contribution in [2.24, 2.45) is 11.7 Å². The maximum absolute atomic E-state index is 6.01. The van der Waals surface area contributed by atoms with Crippen LogP contribution < -0.4 is 5.73 Å². The van der Waals surface area contributed by atoms with Gasteiger partial charge in [-0.2, -0.15) is 0 Å². The number of morpholine rings is 1. The predicted octanol–water partition coefficient (Wildman–Crippen LogP) is 1.61. The highest BCUT2D eigenvalue weighted by Gasteiger charge is 2.31. The van der Waals surface area contributed by atoms with Crippen molar-refractivity contribution >= 4 is 0 Å².